The first kappa shape index (κ1) is 16.0. The van der Waals surface area contributed by atoms with Crippen LogP contribution in [0.2, 0.25) is 0 Å². The van der Waals surface area contributed by atoms with Gasteiger partial charge >= 0.3 is 5.69 Å². The Morgan fingerprint density at radius 1 is 1.50 bits per heavy atom. The van der Waals surface area contributed by atoms with E-state index < -0.39 is 39.8 Å². The van der Waals surface area contributed by atoms with Crippen molar-refractivity contribution >= 4 is 11.6 Å². The summed E-state index contributed by atoms with van der Waals surface area (Å²) in [5, 5.41) is 10.6. The number of amides is 1. The third kappa shape index (κ3) is 3.27. The number of rotatable bonds is 5. The van der Waals surface area contributed by atoms with E-state index in [1.165, 1.54) is 14.2 Å². The van der Waals surface area contributed by atoms with Crippen LogP contribution in [0.15, 0.2) is 12.1 Å². The number of methoxy groups -OCH3 is 1. The van der Waals surface area contributed by atoms with Gasteiger partial charge < -0.3 is 9.64 Å². The summed E-state index contributed by atoms with van der Waals surface area (Å²) in [6.07, 6.45) is 0. The van der Waals surface area contributed by atoms with Crippen LogP contribution < -0.4 is 0 Å². The van der Waals surface area contributed by atoms with Crippen LogP contribution in [0.1, 0.15) is 17.3 Å². The first-order valence-corrected chi connectivity index (χ1v) is 5.69. The summed E-state index contributed by atoms with van der Waals surface area (Å²) < 4.78 is 32.0. The second kappa shape index (κ2) is 6.38. The lowest BCUT2D eigenvalue weighted by Gasteiger charge is -2.24. The Balaban J connectivity index is 3.19. The van der Waals surface area contributed by atoms with Crippen LogP contribution in [0, 0.1) is 21.7 Å². The lowest BCUT2D eigenvalue weighted by molar-refractivity contribution is -0.387. The standard InChI is InChI=1S/C12H14F2N2O4/c1-7(6-20-3)15(2)12(17)9-4-8(13)5-10(11(9)14)16(18)19/h4-5,7H,6H2,1-3H3. The van der Waals surface area contributed by atoms with E-state index in [4.69, 9.17) is 4.74 Å². The summed E-state index contributed by atoms with van der Waals surface area (Å²) in [7, 11) is 2.81. The largest absolute Gasteiger partial charge is 0.383 e. The summed E-state index contributed by atoms with van der Waals surface area (Å²) >= 11 is 0. The molecule has 1 unspecified atom stereocenters. The molecular formula is C12H14F2N2O4. The minimum atomic E-state index is -1.35. The predicted octanol–water partition coefficient (Wildman–Crippen LogP) is 1.98. The topological polar surface area (TPSA) is 72.7 Å². The summed E-state index contributed by atoms with van der Waals surface area (Å²) in [4.78, 5) is 22.7. The van der Waals surface area contributed by atoms with E-state index in [1.54, 1.807) is 6.92 Å². The fraction of sp³-hybridized carbons (Fsp3) is 0.417. The molecule has 0 saturated carbocycles. The molecule has 0 aromatic heterocycles. The Morgan fingerprint density at radius 2 is 2.10 bits per heavy atom. The number of nitro groups is 1. The van der Waals surface area contributed by atoms with E-state index in [1.807, 2.05) is 0 Å². The van der Waals surface area contributed by atoms with Crippen LogP contribution in [0.25, 0.3) is 0 Å². The smallest absolute Gasteiger partial charge is 0.308 e. The molecule has 0 aliphatic rings. The molecule has 1 aromatic rings. The summed E-state index contributed by atoms with van der Waals surface area (Å²) in [5.74, 6) is -3.25. The molecule has 0 spiro atoms. The Kier molecular flexibility index (Phi) is 5.09. The molecule has 1 aromatic carbocycles. The van der Waals surface area contributed by atoms with E-state index in [0.717, 1.165) is 4.90 Å². The Bertz CT molecular complexity index is 536. The number of ether oxygens (including phenoxy) is 1. The number of benzene rings is 1. The zero-order chi connectivity index (χ0) is 15.4. The van der Waals surface area contributed by atoms with Crippen LogP contribution in [0.3, 0.4) is 0 Å². The number of hydrogen-bond acceptors (Lipinski definition) is 4. The number of hydrogen-bond donors (Lipinski definition) is 0. The van der Waals surface area contributed by atoms with Gasteiger partial charge in [0.05, 0.1) is 29.2 Å². The summed E-state index contributed by atoms with van der Waals surface area (Å²) in [5.41, 5.74) is -1.75. The molecule has 0 radical (unpaired) electrons. The summed E-state index contributed by atoms with van der Waals surface area (Å²) in [6, 6.07) is 0.681. The molecule has 110 valence electrons. The van der Waals surface area contributed by atoms with Gasteiger partial charge in [-0.1, -0.05) is 0 Å². The maximum atomic E-state index is 13.9. The van der Waals surface area contributed by atoms with Crippen molar-refractivity contribution in [3.8, 4) is 0 Å². The number of nitro benzene ring substituents is 1. The Labute approximate surface area is 114 Å². The van der Waals surface area contributed by atoms with E-state index in [2.05, 4.69) is 0 Å². The maximum absolute atomic E-state index is 13.9. The van der Waals surface area contributed by atoms with Gasteiger partial charge in [0.15, 0.2) is 0 Å². The van der Waals surface area contributed by atoms with Crippen LogP contribution in [-0.4, -0.2) is 42.5 Å². The summed E-state index contributed by atoms with van der Waals surface area (Å²) in [6.45, 7) is 1.84. The first-order valence-electron chi connectivity index (χ1n) is 5.69. The van der Waals surface area contributed by atoms with E-state index >= 15 is 0 Å². The number of likely N-dealkylation sites (N-methyl/N-ethyl adjacent to an activating group) is 1. The zero-order valence-corrected chi connectivity index (χ0v) is 11.2. The number of carbonyl (C=O) groups is 1. The minimum absolute atomic E-state index is 0.196. The van der Waals surface area contributed by atoms with Gasteiger partial charge in [-0.2, -0.15) is 4.39 Å². The van der Waals surface area contributed by atoms with Gasteiger partial charge in [0.2, 0.25) is 5.82 Å². The maximum Gasteiger partial charge on any atom is 0.308 e. The monoisotopic (exact) mass is 288 g/mol. The highest BCUT2D eigenvalue weighted by Crippen LogP contribution is 2.23. The SMILES string of the molecule is COCC(C)N(C)C(=O)c1cc(F)cc([N+](=O)[O-])c1F. The lowest BCUT2D eigenvalue weighted by atomic mass is 10.1. The van der Waals surface area contributed by atoms with Crippen molar-refractivity contribution in [3.05, 3.63) is 39.4 Å². The highest BCUT2D eigenvalue weighted by Gasteiger charge is 2.27. The molecule has 0 aliphatic carbocycles. The molecule has 6 nitrogen and oxygen atoms in total. The van der Waals surface area contributed by atoms with Gasteiger partial charge in [0.1, 0.15) is 5.82 Å². The highest BCUT2D eigenvalue weighted by molar-refractivity contribution is 5.95. The molecule has 0 N–H and O–H groups in total. The molecule has 0 aliphatic heterocycles. The normalized spacial score (nSPS) is 12.1. The second-order valence-corrected chi connectivity index (χ2v) is 4.26. The number of nitrogens with zero attached hydrogens (tertiary/aromatic N) is 2. The fourth-order valence-electron chi connectivity index (χ4n) is 1.61. The van der Waals surface area contributed by atoms with Crippen LogP contribution in [0.5, 0.6) is 0 Å². The van der Waals surface area contributed by atoms with Gasteiger partial charge in [0, 0.05) is 14.2 Å². The third-order valence-corrected chi connectivity index (χ3v) is 2.83. The van der Waals surface area contributed by atoms with Crippen molar-refractivity contribution in [2.75, 3.05) is 20.8 Å². The van der Waals surface area contributed by atoms with Crippen molar-refractivity contribution in [3.63, 3.8) is 0 Å². The van der Waals surface area contributed by atoms with Crippen molar-refractivity contribution < 1.29 is 23.2 Å². The van der Waals surface area contributed by atoms with E-state index in [9.17, 15) is 23.7 Å². The fourth-order valence-corrected chi connectivity index (χ4v) is 1.61. The van der Waals surface area contributed by atoms with Gasteiger partial charge in [-0.25, -0.2) is 4.39 Å². The molecule has 0 bridgehead atoms. The van der Waals surface area contributed by atoms with E-state index in [-0.39, 0.29) is 6.61 Å². The van der Waals surface area contributed by atoms with Crippen LogP contribution in [-0.2, 0) is 4.74 Å². The van der Waals surface area contributed by atoms with Crippen LogP contribution >= 0.6 is 0 Å². The first-order chi connectivity index (χ1) is 9.29. The van der Waals surface area contributed by atoms with Gasteiger partial charge in [-0.3, -0.25) is 14.9 Å². The van der Waals surface area contributed by atoms with Crippen molar-refractivity contribution in [2.45, 2.75) is 13.0 Å². The zero-order valence-electron chi connectivity index (χ0n) is 11.2. The lowest BCUT2D eigenvalue weighted by Crippen LogP contribution is -2.38. The Hall–Kier alpha value is -2.09. The van der Waals surface area contributed by atoms with Crippen molar-refractivity contribution in [2.24, 2.45) is 0 Å². The van der Waals surface area contributed by atoms with Crippen LogP contribution in [0.4, 0.5) is 14.5 Å². The van der Waals surface area contributed by atoms with Gasteiger partial charge in [-0.15, -0.1) is 0 Å². The average molecular weight is 288 g/mol. The number of halogens is 2. The van der Waals surface area contributed by atoms with Gasteiger partial charge in [-0.05, 0) is 13.0 Å². The quantitative estimate of drug-likeness (QED) is 0.613. The predicted molar refractivity (Wildman–Crippen MR) is 66.4 cm³/mol. The molecule has 0 fully saturated rings. The average Bonchev–Trinajstić information content (AvgIpc) is 2.39. The molecule has 1 amide bonds. The Morgan fingerprint density at radius 3 is 2.60 bits per heavy atom. The molecule has 0 saturated heterocycles. The molecule has 1 atom stereocenters. The number of carbonyl (C=O) groups excluding carboxylic acids is 1. The third-order valence-electron chi connectivity index (χ3n) is 2.83. The molecule has 0 heterocycles. The van der Waals surface area contributed by atoms with Crippen molar-refractivity contribution in [1.29, 1.82) is 0 Å². The molecule has 1 rings (SSSR count). The minimum Gasteiger partial charge on any atom is -0.383 e. The second-order valence-electron chi connectivity index (χ2n) is 4.26. The van der Waals surface area contributed by atoms with E-state index in [0.29, 0.717) is 12.1 Å². The van der Waals surface area contributed by atoms with Crippen molar-refractivity contribution in [1.82, 2.24) is 4.90 Å². The van der Waals surface area contributed by atoms with Gasteiger partial charge in [0.25, 0.3) is 5.91 Å². The highest BCUT2D eigenvalue weighted by atomic mass is 19.1. The molecule has 8 heteroatoms. The molecule has 20 heavy (non-hydrogen) atoms. The molecular weight excluding hydrogens is 274 g/mol.